The molecule has 4 rings (SSSR count). The third kappa shape index (κ3) is 3.30. The number of para-hydroxylation sites is 2. The van der Waals surface area contributed by atoms with Crippen LogP contribution in [0.15, 0.2) is 70.0 Å². The Morgan fingerprint density at radius 2 is 1.63 bits per heavy atom. The number of aryl methyl sites for hydroxylation is 2. The van der Waals surface area contributed by atoms with Crippen molar-refractivity contribution in [2.24, 2.45) is 0 Å². The Balaban J connectivity index is 1.92. The van der Waals surface area contributed by atoms with Crippen LogP contribution in [0, 0.1) is 19.7 Å². The summed E-state index contributed by atoms with van der Waals surface area (Å²) >= 11 is 3.22. The van der Waals surface area contributed by atoms with Gasteiger partial charge >= 0.3 is 6.03 Å². The molecule has 30 heavy (non-hydrogen) atoms. The Bertz CT molecular complexity index is 1260. The smallest absolute Gasteiger partial charge is 0.287 e. The topological polar surface area (TPSA) is 57.7 Å². The third-order valence-corrected chi connectivity index (χ3v) is 7.28. The molecule has 0 saturated heterocycles. The van der Waals surface area contributed by atoms with Gasteiger partial charge in [0, 0.05) is 10.0 Å². The van der Waals surface area contributed by atoms with Gasteiger partial charge < -0.3 is 0 Å². The second-order valence-corrected chi connectivity index (χ2v) is 9.75. The van der Waals surface area contributed by atoms with E-state index in [9.17, 15) is 17.6 Å². The summed E-state index contributed by atoms with van der Waals surface area (Å²) in [5, 5.41) is 0. The Hall–Kier alpha value is -2.71. The van der Waals surface area contributed by atoms with Gasteiger partial charge in [-0.3, -0.25) is 4.90 Å². The second kappa shape index (κ2) is 7.52. The molecule has 0 atom stereocenters. The molecule has 2 amide bonds. The lowest BCUT2D eigenvalue weighted by molar-refractivity contribution is 0.253. The summed E-state index contributed by atoms with van der Waals surface area (Å²) in [6.45, 7) is 3.40. The van der Waals surface area contributed by atoms with Gasteiger partial charge in [0.05, 0.1) is 17.9 Å². The number of carbonyl (C=O) groups is 1. The minimum atomic E-state index is -4.13. The van der Waals surface area contributed by atoms with Gasteiger partial charge in [-0.15, -0.1) is 0 Å². The standard InChI is InChI=1S/C22H18BrFN2O3S/c1-14-6-5-7-15(2)21(14)26-22(27)25(13-16-10-11-17(23)12-18(16)24)19-8-3-4-9-20(19)30(26,28)29/h3-12H,13H2,1-2H3. The van der Waals surface area contributed by atoms with Crippen molar-refractivity contribution in [2.75, 3.05) is 9.21 Å². The number of halogens is 2. The lowest BCUT2D eigenvalue weighted by Gasteiger charge is -2.37. The Labute approximate surface area is 182 Å². The number of carbonyl (C=O) groups excluding carboxylic acids is 1. The Morgan fingerprint density at radius 1 is 0.967 bits per heavy atom. The minimum absolute atomic E-state index is 0.00442. The average molecular weight is 489 g/mol. The number of sulfonamides is 1. The van der Waals surface area contributed by atoms with E-state index in [1.54, 1.807) is 62.4 Å². The van der Waals surface area contributed by atoms with Crippen molar-refractivity contribution < 1.29 is 17.6 Å². The molecule has 0 fully saturated rings. The normalized spacial score (nSPS) is 15.3. The first-order valence-electron chi connectivity index (χ1n) is 9.18. The molecule has 154 valence electrons. The van der Waals surface area contributed by atoms with Gasteiger partial charge in [0.1, 0.15) is 10.7 Å². The number of hydrogen-bond acceptors (Lipinski definition) is 3. The lowest BCUT2D eigenvalue weighted by atomic mass is 10.1. The molecule has 0 bridgehead atoms. The second-order valence-electron chi connectivity index (χ2n) is 7.08. The maximum absolute atomic E-state index is 14.5. The van der Waals surface area contributed by atoms with Crippen molar-refractivity contribution in [3.8, 4) is 0 Å². The first-order valence-corrected chi connectivity index (χ1v) is 11.4. The summed E-state index contributed by atoms with van der Waals surface area (Å²) in [7, 11) is -4.13. The summed E-state index contributed by atoms with van der Waals surface area (Å²) in [6.07, 6.45) is 0. The number of amides is 2. The molecule has 1 aliphatic rings. The van der Waals surface area contributed by atoms with E-state index in [0.717, 1.165) is 4.31 Å². The van der Waals surface area contributed by atoms with Crippen molar-refractivity contribution in [1.82, 2.24) is 0 Å². The SMILES string of the molecule is Cc1cccc(C)c1N1C(=O)N(Cc2ccc(Br)cc2F)c2ccccc2S1(=O)=O. The van der Waals surface area contributed by atoms with E-state index in [0.29, 0.717) is 21.3 Å². The van der Waals surface area contributed by atoms with E-state index < -0.39 is 21.9 Å². The quantitative estimate of drug-likeness (QED) is 0.486. The molecule has 0 saturated carbocycles. The van der Waals surface area contributed by atoms with Crippen LogP contribution in [0.5, 0.6) is 0 Å². The van der Waals surface area contributed by atoms with Gasteiger partial charge in [-0.05, 0) is 49.2 Å². The van der Waals surface area contributed by atoms with Gasteiger partial charge in [-0.1, -0.05) is 52.3 Å². The molecule has 0 N–H and O–H groups in total. The third-order valence-electron chi connectivity index (χ3n) is 5.07. The summed E-state index contributed by atoms with van der Waals surface area (Å²) in [4.78, 5) is 14.8. The molecule has 1 heterocycles. The van der Waals surface area contributed by atoms with Gasteiger partial charge in [-0.2, -0.15) is 4.31 Å². The van der Waals surface area contributed by atoms with Crippen LogP contribution in [0.25, 0.3) is 0 Å². The zero-order chi connectivity index (χ0) is 21.6. The zero-order valence-corrected chi connectivity index (χ0v) is 18.7. The highest BCUT2D eigenvalue weighted by atomic mass is 79.9. The van der Waals surface area contributed by atoms with Crippen molar-refractivity contribution >= 4 is 43.4 Å². The van der Waals surface area contributed by atoms with Crippen LogP contribution < -0.4 is 9.21 Å². The molecule has 0 aliphatic carbocycles. The van der Waals surface area contributed by atoms with Crippen molar-refractivity contribution in [3.05, 3.63) is 87.6 Å². The highest BCUT2D eigenvalue weighted by Crippen LogP contribution is 2.40. The summed E-state index contributed by atoms with van der Waals surface area (Å²) in [6, 6.07) is 15.4. The minimum Gasteiger partial charge on any atom is -0.287 e. The number of hydrogen-bond donors (Lipinski definition) is 0. The van der Waals surface area contributed by atoms with Crippen LogP contribution in [0.1, 0.15) is 16.7 Å². The van der Waals surface area contributed by atoms with E-state index >= 15 is 0 Å². The molecule has 8 heteroatoms. The molecular formula is C22H18BrFN2O3S. The van der Waals surface area contributed by atoms with Gasteiger partial charge in [0.15, 0.2) is 0 Å². The predicted molar refractivity (Wildman–Crippen MR) is 118 cm³/mol. The molecule has 0 aromatic heterocycles. The summed E-state index contributed by atoms with van der Waals surface area (Å²) in [5.74, 6) is -0.485. The van der Waals surface area contributed by atoms with Crippen molar-refractivity contribution in [1.29, 1.82) is 0 Å². The van der Waals surface area contributed by atoms with Crippen molar-refractivity contribution in [2.45, 2.75) is 25.3 Å². The molecule has 3 aromatic rings. The number of benzene rings is 3. The zero-order valence-electron chi connectivity index (χ0n) is 16.3. The molecule has 0 unspecified atom stereocenters. The summed E-state index contributed by atoms with van der Waals surface area (Å²) < 4.78 is 42.8. The molecule has 0 radical (unpaired) electrons. The van der Waals surface area contributed by atoms with Crippen LogP contribution in [-0.4, -0.2) is 14.4 Å². The van der Waals surface area contributed by atoms with Crippen LogP contribution in [0.2, 0.25) is 0 Å². The predicted octanol–water partition coefficient (Wildman–Crippen LogP) is 5.54. The van der Waals surface area contributed by atoms with Crippen LogP contribution in [0.3, 0.4) is 0 Å². The maximum Gasteiger partial charge on any atom is 0.343 e. The maximum atomic E-state index is 14.5. The van der Waals surface area contributed by atoms with Crippen LogP contribution in [-0.2, 0) is 16.6 Å². The van der Waals surface area contributed by atoms with Crippen LogP contribution in [0.4, 0.5) is 20.6 Å². The monoisotopic (exact) mass is 488 g/mol. The number of rotatable bonds is 3. The fourth-order valence-electron chi connectivity index (χ4n) is 3.63. The molecule has 1 aliphatic heterocycles. The van der Waals surface area contributed by atoms with Gasteiger partial charge in [0.2, 0.25) is 0 Å². The van der Waals surface area contributed by atoms with Gasteiger partial charge in [0.25, 0.3) is 10.0 Å². The number of anilines is 2. The van der Waals surface area contributed by atoms with E-state index in [2.05, 4.69) is 15.9 Å². The van der Waals surface area contributed by atoms with E-state index in [-0.39, 0.29) is 22.7 Å². The number of nitrogens with zero attached hydrogens (tertiary/aromatic N) is 2. The van der Waals surface area contributed by atoms with E-state index in [1.165, 1.54) is 17.0 Å². The van der Waals surface area contributed by atoms with E-state index in [4.69, 9.17) is 0 Å². The first kappa shape index (κ1) is 20.6. The van der Waals surface area contributed by atoms with Gasteiger partial charge in [-0.25, -0.2) is 17.6 Å². The highest BCUT2D eigenvalue weighted by molar-refractivity contribution is 9.10. The molecule has 5 nitrogen and oxygen atoms in total. The van der Waals surface area contributed by atoms with Crippen LogP contribution >= 0.6 is 15.9 Å². The average Bonchev–Trinajstić information content (AvgIpc) is 2.69. The van der Waals surface area contributed by atoms with Crippen molar-refractivity contribution in [3.63, 3.8) is 0 Å². The largest absolute Gasteiger partial charge is 0.343 e. The molecule has 0 spiro atoms. The Morgan fingerprint density at radius 3 is 2.30 bits per heavy atom. The number of fused-ring (bicyclic) bond motifs is 1. The fourth-order valence-corrected chi connectivity index (χ4v) is 5.68. The van der Waals surface area contributed by atoms with E-state index in [1.807, 2.05) is 0 Å². The lowest BCUT2D eigenvalue weighted by Crippen LogP contribution is -2.51. The molecule has 3 aromatic carbocycles. The Kier molecular flexibility index (Phi) is 5.15. The summed E-state index contributed by atoms with van der Waals surface area (Å²) in [5.41, 5.74) is 2.13. The number of urea groups is 1. The molecular weight excluding hydrogens is 471 g/mol. The first-order chi connectivity index (χ1) is 14.2. The highest BCUT2D eigenvalue weighted by Gasteiger charge is 2.43. The fraction of sp³-hybridized carbons (Fsp3) is 0.136.